The second-order valence-electron chi connectivity index (χ2n) is 6.14. The number of aliphatic hydroxyl groups excluding tert-OH is 1. The van der Waals surface area contributed by atoms with E-state index >= 15 is 0 Å². The van der Waals surface area contributed by atoms with Crippen LogP contribution in [0.3, 0.4) is 0 Å². The van der Waals surface area contributed by atoms with Gasteiger partial charge in [0.05, 0.1) is 11.5 Å². The third-order valence-corrected chi connectivity index (χ3v) is 4.86. The number of nitrogens with two attached hydrogens (primary N) is 1. The van der Waals surface area contributed by atoms with Crippen molar-refractivity contribution in [1.29, 1.82) is 0 Å². The summed E-state index contributed by atoms with van der Waals surface area (Å²) in [5.74, 6) is 0.247. The molecule has 25 heavy (non-hydrogen) atoms. The molecule has 5 atom stereocenters. The van der Waals surface area contributed by atoms with Gasteiger partial charge >= 0.3 is 7.82 Å². The molecule has 0 radical (unpaired) electrons. The predicted octanol–water partition coefficient (Wildman–Crippen LogP) is -0.479. The molecule has 0 unspecified atom stereocenters. The van der Waals surface area contributed by atoms with Crippen molar-refractivity contribution < 1.29 is 33.8 Å². The van der Waals surface area contributed by atoms with E-state index in [2.05, 4.69) is 14.5 Å². The van der Waals surface area contributed by atoms with Gasteiger partial charge in [-0.05, 0) is 19.9 Å². The number of hydrogen-bond donors (Lipinski definition) is 5. The summed E-state index contributed by atoms with van der Waals surface area (Å²) in [4.78, 5) is 25.9. The van der Waals surface area contributed by atoms with E-state index < -0.39 is 38.0 Å². The molecule has 0 aliphatic carbocycles. The number of rotatable bonds is 4. The molecule has 1 fully saturated rings. The number of nitrogen functional groups attached to an aromatic ring is 1. The highest BCUT2D eigenvalue weighted by atomic mass is 31.2. The van der Waals surface area contributed by atoms with Crippen molar-refractivity contribution in [1.82, 2.24) is 14.5 Å². The van der Waals surface area contributed by atoms with Gasteiger partial charge < -0.3 is 35.0 Å². The first-order valence-corrected chi connectivity index (χ1v) is 8.92. The van der Waals surface area contributed by atoms with Gasteiger partial charge in [-0.15, -0.1) is 0 Å². The third-order valence-electron chi connectivity index (χ3n) is 4.25. The average Bonchev–Trinajstić information content (AvgIpc) is 2.99. The smallest absolute Gasteiger partial charge is 0.387 e. The molecular weight excluding hydrogens is 355 g/mol. The summed E-state index contributed by atoms with van der Waals surface area (Å²) in [6, 6.07) is 1.64. The van der Waals surface area contributed by atoms with Crippen LogP contribution >= 0.6 is 7.82 Å². The van der Waals surface area contributed by atoms with Crippen LogP contribution in [-0.2, 0) is 13.8 Å². The number of fused-ring (bicyclic) bond motifs is 1. The van der Waals surface area contributed by atoms with Crippen LogP contribution < -0.4 is 5.73 Å². The number of aromatic nitrogens is 3. The molecule has 11 nitrogen and oxygen atoms in total. The number of phosphoric ester groups is 1. The van der Waals surface area contributed by atoms with E-state index in [9.17, 15) is 14.8 Å². The van der Waals surface area contributed by atoms with Crippen LogP contribution in [-0.4, -0.2) is 58.4 Å². The van der Waals surface area contributed by atoms with Gasteiger partial charge in [-0.2, -0.15) is 0 Å². The molecule has 0 spiro atoms. The molecule has 6 N–H and O–H groups in total. The number of ether oxygens (including phenoxy) is 1. The zero-order valence-corrected chi connectivity index (χ0v) is 14.3. The predicted molar refractivity (Wildman–Crippen MR) is 85.1 cm³/mol. The Bertz CT molecular complexity index is 835. The second kappa shape index (κ2) is 5.99. The van der Waals surface area contributed by atoms with Crippen LogP contribution in [0.25, 0.3) is 11.0 Å². The van der Waals surface area contributed by atoms with E-state index in [4.69, 9.17) is 20.3 Å². The van der Waals surface area contributed by atoms with Crippen LogP contribution in [0.15, 0.2) is 18.6 Å². The van der Waals surface area contributed by atoms with Crippen LogP contribution in [0.1, 0.15) is 20.1 Å². The maximum atomic E-state index is 11.0. The van der Waals surface area contributed by atoms with Crippen LogP contribution in [0.2, 0.25) is 0 Å². The Labute approximate surface area is 142 Å². The fourth-order valence-electron chi connectivity index (χ4n) is 3.01. The standard InChI is InChI=1S/C13H19N4O7P/c1-6(24-25(20,21)22)8-9(18)13(2,19)12(23-8)17-4-3-7-10(14)15-5-16-11(7)17/h3-6,8-9,12,18-19H,1-2H3,(H2,14,15,16)(H2,20,21,22)/t6-,8+,9+,12+,13+/m0/s1. The summed E-state index contributed by atoms with van der Waals surface area (Å²) in [6.07, 6.45) is -2.07. The van der Waals surface area contributed by atoms with Crippen molar-refractivity contribution in [2.24, 2.45) is 0 Å². The minimum atomic E-state index is -4.78. The van der Waals surface area contributed by atoms with Crippen LogP contribution in [0.5, 0.6) is 0 Å². The van der Waals surface area contributed by atoms with E-state index in [-0.39, 0.29) is 5.82 Å². The lowest BCUT2D eigenvalue weighted by molar-refractivity contribution is -0.0979. The fraction of sp³-hybridized carbons (Fsp3) is 0.538. The minimum Gasteiger partial charge on any atom is -0.387 e. The molecule has 0 saturated carbocycles. The average molecular weight is 374 g/mol. The first-order chi connectivity index (χ1) is 11.5. The van der Waals surface area contributed by atoms with E-state index in [1.807, 2.05) is 0 Å². The van der Waals surface area contributed by atoms with Gasteiger partial charge in [0.15, 0.2) is 6.23 Å². The maximum Gasteiger partial charge on any atom is 0.469 e. The van der Waals surface area contributed by atoms with Crippen LogP contribution in [0, 0.1) is 0 Å². The Kier molecular flexibility index (Phi) is 4.36. The van der Waals surface area contributed by atoms with Gasteiger partial charge in [0.2, 0.25) is 0 Å². The number of phosphoric acid groups is 1. The van der Waals surface area contributed by atoms with Gasteiger partial charge in [-0.25, -0.2) is 14.5 Å². The Balaban J connectivity index is 1.96. The topological polar surface area (TPSA) is 173 Å². The van der Waals surface area contributed by atoms with Gasteiger partial charge in [0.1, 0.15) is 35.6 Å². The first kappa shape index (κ1) is 18.2. The summed E-state index contributed by atoms with van der Waals surface area (Å²) < 4.78 is 22.8. The lowest BCUT2D eigenvalue weighted by Gasteiger charge is -2.28. The zero-order valence-electron chi connectivity index (χ0n) is 13.4. The highest BCUT2D eigenvalue weighted by molar-refractivity contribution is 7.46. The summed E-state index contributed by atoms with van der Waals surface area (Å²) in [7, 11) is -4.78. The van der Waals surface area contributed by atoms with Gasteiger partial charge in [0, 0.05) is 6.20 Å². The molecule has 1 aliphatic rings. The molecule has 2 aromatic heterocycles. The lowest BCUT2D eigenvalue weighted by atomic mass is 9.94. The Hall–Kier alpha value is -1.59. The highest BCUT2D eigenvalue weighted by Gasteiger charge is 2.55. The first-order valence-electron chi connectivity index (χ1n) is 7.39. The van der Waals surface area contributed by atoms with E-state index in [0.717, 1.165) is 0 Å². The molecule has 0 aromatic carbocycles. The molecule has 0 bridgehead atoms. The largest absolute Gasteiger partial charge is 0.469 e. The SMILES string of the molecule is C[C@H](OP(=O)(O)O)[C@H]1O[C@@H](n2ccc3c(N)ncnc32)[C@](C)(O)[C@@H]1O. The Morgan fingerprint density at radius 2 is 2.16 bits per heavy atom. The van der Waals surface area contributed by atoms with E-state index in [1.54, 1.807) is 12.3 Å². The van der Waals surface area contributed by atoms with Crippen molar-refractivity contribution >= 4 is 24.7 Å². The quantitative estimate of drug-likeness (QED) is 0.440. The summed E-state index contributed by atoms with van der Waals surface area (Å²) in [6.45, 7) is 2.68. The van der Waals surface area contributed by atoms with Gasteiger partial charge in [-0.1, -0.05) is 0 Å². The van der Waals surface area contributed by atoms with Gasteiger partial charge in [-0.3, -0.25) is 4.52 Å². The van der Waals surface area contributed by atoms with Crippen LogP contribution in [0.4, 0.5) is 5.82 Å². The molecule has 3 rings (SSSR count). The van der Waals surface area contributed by atoms with Crippen molar-refractivity contribution in [3.05, 3.63) is 18.6 Å². The fourth-order valence-corrected chi connectivity index (χ4v) is 3.56. The third kappa shape index (κ3) is 3.15. The molecule has 0 amide bonds. The van der Waals surface area contributed by atoms with E-state index in [1.165, 1.54) is 24.7 Å². The molecule has 138 valence electrons. The summed E-state index contributed by atoms with van der Waals surface area (Å²) >= 11 is 0. The zero-order chi connectivity index (χ0) is 18.6. The molecule has 1 aliphatic heterocycles. The minimum absolute atomic E-state index is 0.247. The maximum absolute atomic E-state index is 11.0. The molecule has 2 aromatic rings. The molecule has 3 heterocycles. The van der Waals surface area contributed by atoms with E-state index in [0.29, 0.717) is 11.0 Å². The second-order valence-corrected chi connectivity index (χ2v) is 7.34. The lowest BCUT2D eigenvalue weighted by Crippen LogP contribution is -2.46. The monoisotopic (exact) mass is 374 g/mol. The Morgan fingerprint density at radius 1 is 1.48 bits per heavy atom. The molecule has 12 heteroatoms. The van der Waals surface area contributed by atoms with Crippen molar-refractivity contribution in [3.8, 4) is 0 Å². The number of anilines is 1. The van der Waals surface area contributed by atoms with Crippen molar-refractivity contribution in [2.75, 3.05) is 5.73 Å². The Morgan fingerprint density at radius 3 is 2.80 bits per heavy atom. The van der Waals surface area contributed by atoms with Gasteiger partial charge in [0.25, 0.3) is 0 Å². The summed E-state index contributed by atoms with van der Waals surface area (Å²) in [5, 5.41) is 21.7. The molecule has 1 saturated heterocycles. The highest BCUT2D eigenvalue weighted by Crippen LogP contribution is 2.45. The number of aliphatic hydroxyl groups is 2. The summed E-state index contributed by atoms with van der Waals surface area (Å²) in [5.41, 5.74) is 4.39. The van der Waals surface area contributed by atoms with Crippen molar-refractivity contribution in [2.45, 2.75) is 44.0 Å². The van der Waals surface area contributed by atoms with Crippen molar-refractivity contribution in [3.63, 3.8) is 0 Å². The number of hydrogen-bond acceptors (Lipinski definition) is 8. The molecular formula is C13H19N4O7P. The number of nitrogens with zero attached hydrogens (tertiary/aromatic N) is 3. The normalized spacial score (nSPS) is 31.5.